The third kappa shape index (κ3) is 3.28. The largest absolute Gasteiger partial charge is 0.497 e. The van der Waals surface area contributed by atoms with E-state index in [9.17, 15) is 4.79 Å². The Kier molecular flexibility index (Phi) is 4.64. The van der Waals surface area contributed by atoms with Crippen LogP contribution in [0.4, 0.5) is 0 Å². The zero-order valence-corrected chi connectivity index (χ0v) is 16.6. The number of methoxy groups -OCH3 is 1. The summed E-state index contributed by atoms with van der Waals surface area (Å²) in [7, 11) is 1.64. The van der Waals surface area contributed by atoms with Crippen LogP contribution < -0.4 is 14.2 Å². The van der Waals surface area contributed by atoms with Crippen molar-refractivity contribution in [2.24, 2.45) is 0 Å². The highest BCUT2D eigenvalue weighted by Gasteiger charge is 2.34. The highest BCUT2D eigenvalue weighted by Crippen LogP contribution is 2.42. The van der Waals surface area contributed by atoms with Gasteiger partial charge in [-0.25, -0.2) is 0 Å². The molecule has 5 nitrogen and oxygen atoms in total. The van der Waals surface area contributed by atoms with Crippen LogP contribution in [-0.4, -0.2) is 24.7 Å². The molecule has 2 aliphatic heterocycles. The van der Waals surface area contributed by atoms with E-state index >= 15 is 0 Å². The summed E-state index contributed by atoms with van der Waals surface area (Å²) < 4.78 is 16.3. The Morgan fingerprint density at radius 3 is 2.33 bits per heavy atom. The molecule has 2 heterocycles. The fourth-order valence-electron chi connectivity index (χ4n) is 3.85. The minimum atomic E-state index is -0.0292. The van der Waals surface area contributed by atoms with Gasteiger partial charge >= 0.3 is 0 Å². The summed E-state index contributed by atoms with van der Waals surface area (Å²) in [5.74, 6) is 2.06. The second kappa shape index (κ2) is 7.59. The van der Waals surface area contributed by atoms with Crippen molar-refractivity contribution in [1.82, 2.24) is 4.90 Å². The van der Waals surface area contributed by atoms with E-state index in [1.165, 1.54) is 5.56 Å². The number of hydrogen-bond acceptors (Lipinski definition) is 4. The van der Waals surface area contributed by atoms with Gasteiger partial charge in [0.15, 0.2) is 11.5 Å². The normalized spacial score (nSPS) is 15.6. The van der Waals surface area contributed by atoms with Crippen LogP contribution in [0.3, 0.4) is 0 Å². The van der Waals surface area contributed by atoms with Crippen molar-refractivity contribution in [1.29, 1.82) is 0 Å². The third-order valence-electron chi connectivity index (χ3n) is 5.43. The topological polar surface area (TPSA) is 48.0 Å². The van der Waals surface area contributed by atoms with E-state index in [0.29, 0.717) is 23.6 Å². The van der Waals surface area contributed by atoms with Crippen LogP contribution in [-0.2, 0) is 13.0 Å². The number of nitrogens with zero attached hydrogens (tertiary/aromatic N) is 1. The molecule has 2 aliphatic rings. The average Bonchev–Trinajstić information content (AvgIpc) is 3.35. The van der Waals surface area contributed by atoms with E-state index in [-0.39, 0.29) is 12.7 Å². The zero-order valence-electron chi connectivity index (χ0n) is 16.6. The van der Waals surface area contributed by atoms with Crippen molar-refractivity contribution >= 4 is 11.6 Å². The maximum absolute atomic E-state index is 13.3. The maximum atomic E-state index is 13.3. The van der Waals surface area contributed by atoms with E-state index in [4.69, 9.17) is 14.2 Å². The zero-order chi connectivity index (χ0) is 20.5. The Balaban J connectivity index is 1.52. The van der Waals surface area contributed by atoms with Gasteiger partial charge in [0.05, 0.1) is 19.2 Å². The molecule has 0 aromatic heterocycles. The third-order valence-corrected chi connectivity index (χ3v) is 5.43. The molecule has 5 heteroatoms. The summed E-state index contributed by atoms with van der Waals surface area (Å²) in [5, 5.41) is 0. The molecule has 150 valence electrons. The molecule has 0 spiro atoms. The molecule has 0 saturated heterocycles. The van der Waals surface area contributed by atoms with Crippen molar-refractivity contribution in [2.75, 3.05) is 13.9 Å². The predicted octanol–water partition coefficient (Wildman–Crippen LogP) is 4.66. The number of hydrogen-bond donors (Lipinski definition) is 0. The van der Waals surface area contributed by atoms with Crippen LogP contribution in [0.5, 0.6) is 17.2 Å². The van der Waals surface area contributed by atoms with Gasteiger partial charge in [-0.15, -0.1) is 0 Å². The summed E-state index contributed by atoms with van der Waals surface area (Å²) >= 11 is 0. The number of carbonyl (C=O) groups excluding carboxylic acids is 1. The first-order chi connectivity index (χ1) is 14.7. The van der Waals surface area contributed by atoms with Crippen LogP contribution in [0, 0.1) is 0 Å². The Labute approximate surface area is 175 Å². The number of allylic oxidation sites excluding steroid dienone is 1. The standard InChI is InChI=1S/C25H21NO4/c1-28-19-10-7-18(8-11-19)15-26-22(12-9-17-5-3-2-4-6-17)20-13-23-24(30-16-29-23)14-21(20)25(26)27/h2-8,10-14H,9,15-16H2,1H3/b22-12-. The Morgan fingerprint density at radius 2 is 1.63 bits per heavy atom. The van der Waals surface area contributed by atoms with Crippen LogP contribution >= 0.6 is 0 Å². The minimum Gasteiger partial charge on any atom is -0.497 e. The van der Waals surface area contributed by atoms with E-state index in [1.54, 1.807) is 13.2 Å². The first kappa shape index (κ1) is 18.3. The Hall–Kier alpha value is -3.73. The fourth-order valence-corrected chi connectivity index (χ4v) is 3.85. The summed E-state index contributed by atoms with van der Waals surface area (Å²) in [6, 6.07) is 21.7. The molecule has 3 aromatic carbocycles. The number of ether oxygens (including phenoxy) is 3. The molecule has 0 radical (unpaired) electrons. The van der Waals surface area contributed by atoms with Crippen molar-refractivity contribution in [3.8, 4) is 17.2 Å². The Morgan fingerprint density at radius 1 is 0.933 bits per heavy atom. The summed E-state index contributed by atoms with van der Waals surface area (Å²) in [5.41, 5.74) is 4.65. The van der Waals surface area contributed by atoms with Crippen molar-refractivity contribution < 1.29 is 19.0 Å². The van der Waals surface area contributed by atoms with Gasteiger partial charge < -0.3 is 19.1 Å². The lowest BCUT2D eigenvalue weighted by Gasteiger charge is -2.19. The number of carbonyl (C=O) groups is 1. The molecular formula is C25H21NO4. The highest BCUT2D eigenvalue weighted by molar-refractivity contribution is 6.09. The first-order valence-corrected chi connectivity index (χ1v) is 9.86. The average molecular weight is 399 g/mol. The molecule has 0 aliphatic carbocycles. The van der Waals surface area contributed by atoms with E-state index < -0.39 is 0 Å². The summed E-state index contributed by atoms with van der Waals surface area (Å²) in [6.45, 7) is 0.662. The van der Waals surface area contributed by atoms with Gasteiger partial charge in [0, 0.05) is 11.3 Å². The Bertz CT molecular complexity index is 1120. The molecule has 1 amide bonds. The monoisotopic (exact) mass is 399 g/mol. The SMILES string of the molecule is COc1ccc(CN2C(=O)c3cc4c(cc3/C2=C/Cc2ccccc2)OCO4)cc1. The smallest absolute Gasteiger partial charge is 0.259 e. The molecule has 30 heavy (non-hydrogen) atoms. The van der Waals surface area contributed by atoms with Gasteiger partial charge in [0.1, 0.15) is 5.75 Å². The molecule has 5 rings (SSSR count). The lowest BCUT2D eigenvalue weighted by molar-refractivity contribution is 0.0842. The lowest BCUT2D eigenvalue weighted by Crippen LogP contribution is -2.22. The van der Waals surface area contributed by atoms with Crippen LogP contribution in [0.2, 0.25) is 0 Å². The molecular weight excluding hydrogens is 378 g/mol. The molecule has 0 unspecified atom stereocenters. The van der Waals surface area contributed by atoms with Gasteiger partial charge in [-0.2, -0.15) is 0 Å². The number of benzene rings is 3. The van der Waals surface area contributed by atoms with Gasteiger partial charge in [0.25, 0.3) is 5.91 Å². The lowest BCUT2D eigenvalue weighted by atomic mass is 10.0. The van der Waals surface area contributed by atoms with Gasteiger partial charge in [0.2, 0.25) is 6.79 Å². The van der Waals surface area contributed by atoms with Crippen molar-refractivity contribution in [3.63, 3.8) is 0 Å². The second-order valence-electron chi connectivity index (χ2n) is 7.27. The van der Waals surface area contributed by atoms with Crippen LogP contribution in [0.15, 0.2) is 72.8 Å². The molecule has 0 atom stereocenters. The van der Waals surface area contributed by atoms with E-state index in [1.807, 2.05) is 53.4 Å². The molecule has 0 bridgehead atoms. The van der Waals surface area contributed by atoms with Crippen LogP contribution in [0.1, 0.15) is 27.0 Å². The molecule has 0 fully saturated rings. The fraction of sp³-hybridized carbons (Fsp3) is 0.160. The minimum absolute atomic E-state index is 0.0292. The number of amides is 1. The summed E-state index contributed by atoms with van der Waals surface area (Å²) in [4.78, 5) is 15.1. The van der Waals surface area contributed by atoms with Crippen LogP contribution in [0.25, 0.3) is 5.70 Å². The quantitative estimate of drug-likeness (QED) is 0.626. The number of fused-ring (bicyclic) bond motifs is 2. The van der Waals surface area contributed by atoms with Gasteiger partial charge in [-0.05, 0) is 41.8 Å². The van der Waals surface area contributed by atoms with Crippen molar-refractivity contribution in [3.05, 3.63) is 95.1 Å². The number of rotatable bonds is 5. The van der Waals surface area contributed by atoms with Gasteiger partial charge in [-0.1, -0.05) is 48.5 Å². The predicted molar refractivity (Wildman–Crippen MR) is 114 cm³/mol. The first-order valence-electron chi connectivity index (χ1n) is 9.86. The molecule has 0 saturated carbocycles. The van der Waals surface area contributed by atoms with Gasteiger partial charge in [-0.3, -0.25) is 4.79 Å². The summed E-state index contributed by atoms with van der Waals surface area (Å²) in [6.07, 6.45) is 2.85. The second-order valence-corrected chi connectivity index (χ2v) is 7.27. The molecule has 3 aromatic rings. The molecule has 0 N–H and O–H groups in total. The van der Waals surface area contributed by atoms with E-state index in [0.717, 1.165) is 29.0 Å². The van der Waals surface area contributed by atoms with E-state index in [2.05, 4.69) is 18.2 Å². The van der Waals surface area contributed by atoms with Crippen molar-refractivity contribution in [2.45, 2.75) is 13.0 Å². The highest BCUT2D eigenvalue weighted by atomic mass is 16.7. The maximum Gasteiger partial charge on any atom is 0.259 e.